The Labute approximate surface area is 186 Å². The standard InChI is InChI=1S/C20H24F3N5O5/c1-24-17(13-18(29)25(2)19(24)30)27-9-7-26(8-10-27)6-3-11-33-14-4-5-16(28(31)32)15(12-14)20(21,22)23/h4-5,12-13H,3,6-11H2,1-2H3. The number of aromatic nitrogens is 2. The molecular formula is C20H24F3N5O5. The van der Waals surface area contributed by atoms with Crippen molar-refractivity contribution in [3.05, 3.63) is 60.8 Å². The second kappa shape index (κ2) is 9.65. The van der Waals surface area contributed by atoms with Gasteiger partial charge in [-0.05, 0) is 18.6 Å². The van der Waals surface area contributed by atoms with Gasteiger partial charge in [-0.3, -0.25) is 28.9 Å². The lowest BCUT2D eigenvalue weighted by Crippen LogP contribution is -2.49. The number of hydrogen-bond donors (Lipinski definition) is 0. The van der Waals surface area contributed by atoms with Crippen molar-refractivity contribution in [1.29, 1.82) is 0 Å². The van der Waals surface area contributed by atoms with Crippen LogP contribution in [-0.4, -0.2) is 58.3 Å². The summed E-state index contributed by atoms with van der Waals surface area (Å²) in [6.45, 7) is 3.37. The first-order chi connectivity index (χ1) is 15.5. The molecule has 2 heterocycles. The van der Waals surface area contributed by atoms with Crippen molar-refractivity contribution >= 4 is 11.5 Å². The summed E-state index contributed by atoms with van der Waals surface area (Å²) < 4.78 is 47.0. The molecule has 3 rings (SSSR count). The normalized spacial score (nSPS) is 15.0. The maximum atomic E-state index is 13.1. The van der Waals surface area contributed by atoms with Crippen LogP contribution in [0.2, 0.25) is 0 Å². The van der Waals surface area contributed by atoms with E-state index >= 15 is 0 Å². The highest BCUT2D eigenvalue weighted by Crippen LogP contribution is 2.38. The smallest absolute Gasteiger partial charge is 0.423 e. The summed E-state index contributed by atoms with van der Waals surface area (Å²) in [5.74, 6) is 0.481. The molecule has 0 spiro atoms. The summed E-state index contributed by atoms with van der Waals surface area (Å²) in [6, 6.07) is 4.03. The molecule has 13 heteroatoms. The van der Waals surface area contributed by atoms with E-state index in [1.54, 1.807) is 7.05 Å². The van der Waals surface area contributed by atoms with E-state index in [9.17, 15) is 32.9 Å². The fraction of sp³-hybridized carbons (Fsp3) is 0.500. The van der Waals surface area contributed by atoms with Crippen LogP contribution in [0.25, 0.3) is 0 Å². The van der Waals surface area contributed by atoms with Crippen LogP contribution in [0.15, 0.2) is 33.9 Å². The van der Waals surface area contributed by atoms with E-state index in [2.05, 4.69) is 4.90 Å². The quantitative estimate of drug-likeness (QED) is 0.343. The first-order valence-electron chi connectivity index (χ1n) is 10.2. The molecule has 2 aromatic rings. The zero-order chi connectivity index (χ0) is 24.3. The third-order valence-corrected chi connectivity index (χ3v) is 5.55. The Morgan fingerprint density at radius 3 is 2.33 bits per heavy atom. The lowest BCUT2D eigenvalue weighted by atomic mass is 10.1. The van der Waals surface area contributed by atoms with Gasteiger partial charge in [0.25, 0.3) is 11.2 Å². The van der Waals surface area contributed by atoms with Gasteiger partial charge in [0.2, 0.25) is 0 Å². The zero-order valence-electron chi connectivity index (χ0n) is 18.2. The molecule has 10 nitrogen and oxygen atoms in total. The van der Waals surface area contributed by atoms with Gasteiger partial charge < -0.3 is 9.64 Å². The third-order valence-electron chi connectivity index (χ3n) is 5.55. The molecule has 0 amide bonds. The minimum Gasteiger partial charge on any atom is -0.494 e. The second-order valence-electron chi connectivity index (χ2n) is 7.71. The molecule has 0 bridgehead atoms. The molecule has 1 aromatic carbocycles. The highest BCUT2D eigenvalue weighted by Gasteiger charge is 2.38. The van der Waals surface area contributed by atoms with Gasteiger partial charge in [0.1, 0.15) is 17.1 Å². The van der Waals surface area contributed by atoms with Gasteiger partial charge in [-0.15, -0.1) is 0 Å². The number of alkyl halides is 3. The van der Waals surface area contributed by atoms with Gasteiger partial charge in [-0.2, -0.15) is 13.2 Å². The zero-order valence-corrected chi connectivity index (χ0v) is 18.2. The van der Waals surface area contributed by atoms with Gasteiger partial charge >= 0.3 is 11.9 Å². The summed E-state index contributed by atoms with van der Waals surface area (Å²) in [4.78, 5) is 37.9. The van der Waals surface area contributed by atoms with Crippen molar-refractivity contribution in [2.24, 2.45) is 14.1 Å². The Kier molecular flexibility index (Phi) is 7.10. The molecule has 0 unspecified atom stereocenters. The predicted molar refractivity (Wildman–Crippen MR) is 114 cm³/mol. The fourth-order valence-electron chi connectivity index (χ4n) is 3.69. The van der Waals surface area contributed by atoms with Crippen molar-refractivity contribution in [3.8, 4) is 5.75 Å². The monoisotopic (exact) mass is 471 g/mol. The lowest BCUT2D eigenvalue weighted by Gasteiger charge is -2.36. The van der Waals surface area contributed by atoms with E-state index in [0.29, 0.717) is 51.0 Å². The van der Waals surface area contributed by atoms with Gasteiger partial charge in [0.05, 0.1) is 11.5 Å². The van der Waals surface area contributed by atoms with E-state index in [0.717, 1.165) is 16.7 Å². The van der Waals surface area contributed by atoms with Crippen molar-refractivity contribution < 1.29 is 22.8 Å². The molecule has 1 aliphatic rings. The summed E-state index contributed by atoms with van der Waals surface area (Å²) in [6.07, 6.45) is -4.31. The number of piperazine rings is 1. The first kappa shape index (κ1) is 24.3. The number of nitrogens with zero attached hydrogens (tertiary/aromatic N) is 5. The molecule has 0 radical (unpaired) electrons. The second-order valence-corrected chi connectivity index (χ2v) is 7.71. The Bertz CT molecular complexity index is 1140. The summed E-state index contributed by atoms with van der Waals surface area (Å²) in [5, 5.41) is 10.8. The average molecular weight is 471 g/mol. The van der Waals surface area contributed by atoms with E-state index in [1.165, 1.54) is 17.7 Å². The van der Waals surface area contributed by atoms with Gasteiger partial charge in [-0.1, -0.05) is 0 Å². The number of benzene rings is 1. The molecule has 0 aliphatic carbocycles. The van der Waals surface area contributed by atoms with E-state index in [4.69, 9.17) is 4.74 Å². The SMILES string of the molecule is Cn1c(N2CCN(CCCOc3ccc([N+](=O)[O-])c(C(F)(F)F)c3)CC2)cc(=O)n(C)c1=O. The molecule has 0 atom stereocenters. The van der Waals surface area contributed by atoms with Crippen molar-refractivity contribution in [3.63, 3.8) is 0 Å². The number of halogens is 3. The van der Waals surface area contributed by atoms with Gasteiger partial charge in [0.15, 0.2) is 0 Å². The molecule has 0 saturated carbocycles. The topological polar surface area (TPSA) is 103 Å². The largest absolute Gasteiger partial charge is 0.494 e. The van der Waals surface area contributed by atoms with E-state index in [-0.39, 0.29) is 17.9 Å². The van der Waals surface area contributed by atoms with Crippen LogP contribution in [-0.2, 0) is 20.3 Å². The van der Waals surface area contributed by atoms with Crippen LogP contribution in [0.4, 0.5) is 24.7 Å². The van der Waals surface area contributed by atoms with Crippen LogP contribution in [0.3, 0.4) is 0 Å². The number of nitro groups is 1. The fourth-order valence-corrected chi connectivity index (χ4v) is 3.69. The maximum absolute atomic E-state index is 13.1. The Morgan fingerprint density at radius 2 is 1.73 bits per heavy atom. The van der Waals surface area contributed by atoms with E-state index < -0.39 is 28.0 Å². The van der Waals surface area contributed by atoms with Crippen LogP contribution >= 0.6 is 0 Å². The molecular weight excluding hydrogens is 447 g/mol. The average Bonchev–Trinajstić information content (AvgIpc) is 2.77. The van der Waals surface area contributed by atoms with E-state index in [1.807, 2.05) is 4.90 Å². The van der Waals surface area contributed by atoms with Crippen LogP contribution in [0.1, 0.15) is 12.0 Å². The number of rotatable bonds is 7. The Morgan fingerprint density at radius 1 is 1.06 bits per heavy atom. The maximum Gasteiger partial charge on any atom is 0.423 e. The molecule has 0 N–H and O–H groups in total. The van der Waals surface area contributed by atoms with Crippen LogP contribution in [0, 0.1) is 10.1 Å². The molecule has 180 valence electrons. The van der Waals surface area contributed by atoms with Crippen LogP contribution < -0.4 is 20.9 Å². The molecule has 1 fully saturated rings. The number of nitro benzene ring substituents is 1. The summed E-state index contributed by atoms with van der Waals surface area (Å²) >= 11 is 0. The predicted octanol–water partition coefficient (Wildman–Crippen LogP) is 1.60. The highest BCUT2D eigenvalue weighted by molar-refractivity contribution is 5.47. The van der Waals surface area contributed by atoms with Crippen LogP contribution in [0.5, 0.6) is 5.75 Å². The third kappa shape index (κ3) is 5.53. The van der Waals surface area contributed by atoms with Gasteiger partial charge in [0, 0.05) is 59.0 Å². The van der Waals surface area contributed by atoms with Crippen molar-refractivity contribution in [2.45, 2.75) is 12.6 Å². The minimum absolute atomic E-state index is 0.0793. The molecule has 1 aliphatic heterocycles. The Balaban J connectivity index is 1.50. The first-order valence-corrected chi connectivity index (χ1v) is 10.2. The highest BCUT2D eigenvalue weighted by atomic mass is 19.4. The summed E-state index contributed by atoms with van der Waals surface area (Å²) in [7, 11) is 3.04. The minimum atomic E-state index is -4.85. The van der Waals surface area contributed by atoms with Gasteiger partial charge in [-0.25, -0.2) is 4.79 Å². The number of hydrogen-bond acceptors (Lipinski definition) is 7. The molecule has 33 heavy (non-hydrogen) atoms. The number of anilines is 1. The Hall–Kier alpha value is -3.35. The molecule has 1 aromatic heterocycles. The molecule has 1 saturated heterocycles. The lowest BCUT2D eigenvalue weighted by molar-refractivity contribution is -0.388. The van der Waals surface area contributed by atoms with Crippen molar-refractivity contribution in [2.75, 3.05) is 44.2 Å². The number of ether oxygens (including phenoxy) is 1. The van der Waals surface area contributed by atoms with Crippen molar-refractivity contribution in [1.82, 2.24) is 14.0 Å². The summed E-state index contributed by atoms with van der Waals surface area (Å²) in [5.41, 5.74) is -3.11.